The molecular formula is C9H14N2S. The molecule has 66 valence electrons. The minimum atomic E-state index is -0.147. The van der Waals surface area contributed by atoms with Crippen LogP contribution in [0.4, 0.5) is 0 Å². The molecule has 0 aliphatic heterocycles. The number of terminal acetylenes is 1. The summed E-state index contributed by atoms with van der Waals surface area (Å²) in [6.45, 7) is 2.84. The third kappa shape index (κ3) is 4.28. The van der Waals surface area contributed by atoms with E-state index in [1.807, 2.05) is 18.9 Å². The van der Waals surface area contributed by atoms with Crippen LogP contribution in [0.3, 0.4) is 0 Å². The van der Waals surface area contributed by atoms with Gasteiger partial charge in [-0.3, -0.25) is 4.90 Å². The minimum Gasteiger partial charge on any atom is -0.284 e. The largest absolute Gasteiger partial charge is 0.284 e. The fraction of sp³-hybridized carbons (Fsp3) is 0.667. The smallest absolute Gasteiger partial charge is 0.115 e. The number of rotatable bonds is 4. The van der Waals surface area contributed by atoms with Gasteiger partial charge in [0.05, 0.1) is 6.07 Å². The highest BCUT2D eigenvalue weighted by molar-refractivity contribution is 7.81. The Morgan fingerprint density at radius 2 is 2.25 bits per heavy atom. The van der Waals surface area contributed by atoms with Crippen LogP contribution in [0, 0.1) is 29.6 Å². The van der Waals surface area contributed by atoms with Crippen molar-refractivity contribution in [3.8, 4) is 18.4 Å². The fourth-order valence-electron chi connectivity index (χ4n) is 0.939. The molecule has 0 spiro atoms. The molecule has 2 nitrogen and oxygen atoms in total. The van der Waals surface area contributed by atoms with Crippen molar-refractivity contribution in [1.82, 2.24) is 4.90 Å². The molecule has 0 aliphatic rings. The van der Waals surface area contributed by atoms with Crippen molar-refractivity contribution in [1.29, 1.82) is 5.26 Å². The van der Waals surface area contributed by atoms with Gasteiger partial charge in [0.15, 0.2) is 0 Å². The molecule has 0 N–H and O–H groups in total. The summed E-state index contributed by atoms with van der Waals surface area (Å²) < 4.78 is 0. The molecule has 0 saturated carbocycles. The zero-order chi connectivity index (χ0) is 9.56. The second-order valence-electron chi connectivity index (χ2n) is 2.95. The van der Waals surface area contributed by atoms with E-state index in [0.29, 0.717) is 12.3 Å². The van der Waals surface area contributed by atoms with E-state index >= 15 is 0 Å². The van der Waals surface area contributed by atoms with Crippen LogP contribution in [0.25, 0.3) is 0 Å². The van der Waals surface area contributed by atoms with Crippen LogP contribution in [-0.4, -0.2) is 23.9 Å². The molecule has 12 heavy (non-hydrogen) atoms. The second-order valence-corrected chi connectivity index (χ2v) is 3.44. The van der Waals surface area contributed by atoms with Crippen LogP contribution < -0.4 is 0 Å². The maximum Gasteiger partial charge on any atom is 0.115 e. The van der Waals surface area contributed by atoms with Crippen molar-refractivity contribution in [2.45, 2.75) is 18.7 Å². The third-order valence-corrected chi connectivity index (χ3v) is 2.15. The second kappa shape index (κ2) is 5.94. The van der Waals surface area contributed by atoms with Gasteiger partial charge in [-0.1, -0.05) is 12.8 Å². The number of thiol groups is 1. The van der Waals surface area contributed by atoms with E-state index in [9.17, 15) is 0 Å². The van der Waals surface area contributed by atoms with Gasteiger partial charge in [-0.2, -0.15) is 5.26 Å². The third-order valence-electron chi connectivity index (χ3n) is 1.61. The van der Waals surface area contributed by atoms with Gasteiger partial charge in [0, 0.05) is 13.0 Å². The van der Waals surface area contributed by atoms with Crippen LogP contribution in [-0.2, 0) is 0 Å². The molecular weight excluding hydrogens is 168 g/mol. The topological polar surface area (TPSA) is 27.0 Å². The summed E-state index contributed by atoms with van der Waals surface area (Å²) in [6, 6.07) is 2.13. The van der Waals surface area contributed by atoms with Gasteiger partial charge < -0.3 is 0 Å². The summed E-state index contributed by atoms with van der Waals surface area (Å²) in [5.41, 5.74) is 0. The normalized spacial score (nSPS) is 14.8. The summed E-state index contributed by atoms with van der Waals surface area (Å²) in [7, 11) is 1.91. The Kier molecular flexibility index (Phi) is 5.62. The lowest BCUT2D eigenvalue weighted by Gasteiger charge is -2.21. The van der Waals surface area contributed by atoms with Crippen LogP contribution in [0.2, 0.25) is 0 Å². The van der Waals surface area contributed by atoms with Gasteiger partial charge >= 0.3 is 0 Å². The lowest BCUT2D eigenvalue weighted by molar-refractivity contribution is 0.302. The van der Waals surface area contributed by atoms with E-state index in [1.54, 1.807) is 0 Å². The van der Waals surface area contributed by atoms with Crippen molar-refractivity contribution >= 4 is 12.6 Å². The average Bonchev–Trinajstić information content (AvgIpc) is 2.03. The first-order valence-electron chi connectivity index (χ1n) is 3.83. The predicted octanol–water partition coefficient (Wildman–Crippen LogP) is 1.36. The summed E-state index contributed by atoms with van der Waals surface area (Å²) in [4.78, 5) is 1.95. The van der Waals surface area contributed by atoms with Crippen molar-refractivity contribution in [3.63, 3.8) is 0 Å². The zero-order valence-corrected chi connectivity index (χ0v) is 8.38. The van der Waals surface area contributed by atoms with Crippen LogP contribution in [0.15, 0.2) is 0 Å². The van der Waals surface area contributed by atoms with Gasteiger partial charge in [-0.15, -0.1) is 19.1 Å². The van der Waals surface area contributed by atoms with E-state index in [-0.39, 0.29) is 5.37 Å². The molecule has 0 aromatic heterocycles. The molecule has 1 unspecified atom stereocenters. The Morgan fingerprint density at radius 3 is 2.67 bits per heavy atom. The Bertz CT molecular complexity index is 202. The molecule has 0 aliphatic carbocycles. The van der Waals surface area contributed by atoms with Crippen molar-refractivity contribution in [2.75, 3.05) is 13.6 Å². The Morgan fingerprint density at radius 1 is 1.67 bits per heavy atom. The number of hydrogen-bond acceptors (Lipinski definition) is 3. The molecule has 0 aromatic rings. The molecule has 0 amide bonds. The Hall–Kier alpha value is -0.640. The van der Waals surface area contributed by atoms with Crippen LogP contribution in [0.1, 0.15) is 13.3 Å². The van der Waals surface area contributed by atoms with Gasteiger partial charge in [-0.25, -0.2) is 0 Å². The first-order chi connectivity index (χ1) is 5.61. The van der Waals surface area contributed by atoms with Gasteiger partial charge in [0.25, 0.3) is 0 Å². The van der Waals surface area contributed by atoms with Gasteiger partial charge in [0.1, 0.15) is 5.37 Å². The molecule has 3 heteroatoms. The quantitative estimate of drug-likeness (QED) is 0.404. The summed E-state index contributed by atoms with van der Waals surface area (Å²) in [6.07, 6.45) is 5.75. The highest BCUT2D eigenvalue weighted by Crippen LogP contribution is 2.07. The van der Waals surface area contributed by atoms with E-state index in [1.165, 1.54) is 0 Å². The lowest BCUT2D eigenvalue weighted by Crippen LogP contribution is -2.30. The first-order valence-corrected chi connectivity index (χ1v) is 4.34. The monoisotopic (exact) mass is 182 g/mol. The van der Waals surface area contributed by atoms with Crippen molar-refractivity contribution in [2.24, 2.45) is 5.92 Å². The van der Waals surface area contributed by atoms with E-state index < -0.39 is 0 Å². The molecule has 0 heterocycles. The highest BCUT2D eigenvalue weighted by Gasteiger charge is 2.10. The maximum absolute atomic E-state index is 8.42. The van der Waals surface area contributed by atoms with E-state index in [2.05, 4.69) is 24.6 Å². The molecule has 0 bridgehead atoms. The molecule has 0 rings (SSSR count). The fourth-order valence-corrected chi connectivity index (χ4v) is 1.03. The number of nitrogens with zero attached hydrogens (tertiary/aromatic N) is 2. The molecule has 0 fully saturated rings. The van der Waals surface area contributed by atoms with E-state index in [4.69, 9.17) is 11.7 Å². The number of nitriles is 1. The zero-order valence-electron chi connectivity index (χ0n) is 7.49. The minimum absolute atomic E-state index is 0.147. The van der Waals surface area contributed by atoms with E-state index in [0.717, 1.165) is 6.54 Å². The maximum atomic E-state index is 8.42. The molecule has 2 atom stereocenters. The Balaban J connectivity index is 3.78. The standard InChI is InChI=1S/C9H14N2S/c1-4-9(12)11(3)7-8(2)5-6-10/h1,8-9,12H,5,7H2,2-3H3/t8?,9-/m1/s1. The predicted molar refractivity (Wildman–Crippen MR) is 53.6 cm³/mol. The molecule has 0 radical (unpaired) electrons. The number of hydrogen-bond donors (Lipinski definition) is 1. The summed E-state index contributed by atoms with van der Waals surface area (Å²) in [5, 5.41) is 8.27. The Labute approximate surface area is 80.0 Å². The van der Waals surface area contributed by atoms with Crippen molar-refractivity contribution < 1.29 is 0 Å². The lowest BCUT2D eigenvalue weighted by atomic mass is 10.1. The van der Waals surface area contributed by atoms with Crippen LogP contribution in [0.5, 0.6) is 0 Å². The van der Waals surface area contributed by atoms with Gasteiger partial charge in [-0.05, 0) is 13.0 Å². The molecule has 0 aromatic carbocycles. The molecule has 0 saturated heterocycles. The SMILES string of the molecule is C#C[C@@H](S)N(C)CC(C)CC#N. The summed E-state index contributed by atoms with van der Waals surface area (Å²) in [5.74, 6) is 2.87. The van der Waals surface area contributed by atoms with Gasteiger partial charge in [0.2, 0.25) is 0 Å². The highest BCUT2D eigenvalue weighted by atomic mass is 32.1. The van der Waals surface area contributed by atoms with Crippen molar-refractivity contribution in [3.05, 3.63) is 0 Å². The summed E-state index contributed by atoms with van der Waals surface area (Å²) >= 11 is 4.17. The van der Waals surface area contributed by atoms with Crippen LogP contribution >= 0.6 is 12.6 Å². The average molecular weight is 182 g/mol. The first kappa shape index (κ1) is 11.4.